The first-order chi connectivity index (χ1) is 14.8. The molecular formula is C24H28N2O5. The molecule has 2 N–H and O–H groups in total. The van der Waals surface area contributed by atoms with Crippen LogP contribution in [0.2, 0.25) is 0 Å². The Hall–Kier alpha value is -3.19. The fourth-order valence-corrected chi connectivity index (χ4v) is 3.88. The average Bonchev–Trinajstić information content (AvgIpc) is 3.01. The molecule has 3 atom stereocenters. The van der Waals surface area contributed by atoms with Gasteiger partial charge in [0.2, 0.25) is 5.91 Å². The molecular weight excluding hydrogens is 396 g/mol. The molecule has 3 unspecified atom stereocenters. The highest BCUT2D eigenvalue weighted by atomic mass is 16.5. The van der Waals surface area contributed by atoms with Gasteiger partial charge in [0.1, 0.15) is 12.1 Å². The second-order valence-electron chi connectivity index (χ2n) is 8.09. The van der Waals surface area contributed by atoms with Gasteiger partial charge < -0.3 is 15.2 Å². The van der Waals surface area contributed by atoms with Crippen LogP contribution in [-0.2, 0) is 20.7 Å². The van der Waals surface area contributed by atoms with E-state index in [1.165, 1.54) is 12.0 Å². The molecule has 0 radical (unpaired) electrons. The monoisotopic (exact) mass is 424 g/mol. The first-order valence-electron chi connectivity index (χ1n) is 10.3. The maximum atomic E-state index is 13.4. The quantitative estimate of drug-likeness (QED) is 0.635. The van der Waals surface area contributed by atoms with Crippen LogP contribution in [0.25, 0.3) is 0 Å². The molecule has 2 aromatic carbocycles. The fraction of sp³-hybridized carbons (Fsp3) is 0.375. The van der Waals surface area contributed by atoms with E-state index >= 15 is 0 Å². The number of nitrogens with zero attached hydrogens (tertiary/aromatic N) is 1. The summed E-state index contributed by atoms with van der Waals surface area (Å²) in [5.41, 5.74) is 1.66. The number of ether oxygens (including phenoxy) is 1. The van der Waals surface area contributed by atoms with Crippen molar-refractivity contribution in [2.75, 3.05) is 7.11 Å². The number of benzene rings is 2. The Morgan fingerprint density at radius 2 is 1.74 bits per heavy atom. The van der Waals surface area contributed by atoms with E-state index in [0.717, 1.165) is 5.56 Å². The molecule has 1 heterocycles. The first kappa shape index (κ1) is 22.5. The van der Waals surface area contributed by atoms with Crippen LogP contribution in [-0.4, -0.2) is 47.0 Å². The number of aliphatic hydroxyl groups is 1. The van der Waals surface area contributed by atoms with Crippen LogP contribution in [0.1, 0.15) is 48.0 Å². The lowest BCUT2D eigenvalue weighted by molar-refractivity contribution is -0.146. The molecule has 31 heavy (non-hydrogen) atoms. The third-order valence-electron chi connectivity index (χ3n) is 5.39. The Morgan fingerprint density at radius 1 is 1.10 bits per heavy atom. The molecule has 0 aromatic heterocycles. The zero-order chi connectivity index (χ0) is 22.5. The molecule has 2 amide bonds. The second-order valence-corrected chi connectivity index (χ2v) is 8.09. The summed E-state index contributed by atoms with van der Waals surface area (Å²) >= 11 is 0. The van der Waals surface area contributed by atoms with E-state index in [-0.39, 0.29) is 12.3 Å². The largest absolute Gasteiger partial charge is 0.467 e. The molecule has 164 valence electrons. The lowest BCUT2D eigenvalue weighted by Gasteiger charge is -2.31. The summed E-state index contributed by atoms with van der Waals surface area (Å²) in [5.74, 6) is -1.34. The van der Waals surface area contributed by atoms with Gasteiger partial charge >= 0.3 is 5.97 Å². The fourth-order valence-electron chi connectivity index (χ4n) is 3.88. The Bertz CT molecular complexity index is 944. The van der Waals surface area contributed by atoms with E-state index in [1.807, 2.05) is 44.2 Å². The lowest BCUT2D eigenvalue weighted by Crippen LogP contribution is -2.54. The topological polar surface area (TPSA) is 95.9 Å². The number of carbonyl (C=O) groups is 3. The molecule has 7 nitrogen and oxygen atoms in total. The minimum Gasteiger partial charge on any atom is -0.467 e. The van der Waals surface area contributed by atoms with Crippen LogP contribution < -0.4 is 5.32 Å². The van der Waals surface area contributed by atoms with E-state index in [9.17, 15) is 19.5 Å². The average molecular weight is 424 g/mol. The van der Waals surface area contributed by atoms with E-state index in [4.69, 9.17) is 4.74 Å². The maximum absolute atomic E-state index is 13.4. The van der Waals surface area contributed by atoms with Gasteiger partial charge in [0, 0.05) is 17.5 Å². The van der Waals surface area contributed by atoms with Crippen LogP contribution in [0, 0.1) is 5.92 Å². The Labute approximate surface area is 182 Å². The lowest BCUT2D eigenvalue weighted by atomic mass is 10.0. The number of fused-ring (bicyclic) bond motifs is 1. The molecule has 7 heteroatoms. The predicted molar refractivity (Wildman–Crippen MR) is 115 cm³/mol. The molecule has 0 bridgehead atoms. The zero-order valence-corrected chi connectivity index (χ0v) is 17.9. The third-order valence-corrected chi connectivity index (χ3v) is 5.39. The minimum absolute atomic E-state index is 0.139. The van der Waals surface area contributed by atoms with Crippen molar-refractivity contribution >= 4 is 17.8 Å². The van der Waals surface area contributed by atoms with E-state index in [0.29, 0.717) is 17.5 Å². The van der Waals surface area contributed by atoms with Gasteiger partial charge in [-0.1, -0.05) is 62.4 Å². The highest BCUT2D eigenvalue weighted by Crippen LogP contribution is 2.34. The summed E-state index contributed by atoms with van der Waals surface area (Å²) in [6.07, 6.45) is -0.656. The first-order valence-corrected chi connectivity index (χ1v) is 10.3. The molecule has 3 rings (SSSR count). The van der Waals surface area contributed by atoms with Crippen molar-refractivity contribution in [3.63, 3.8) is 0 Å². The third kappa shape index (κ3) is 4.94. The van der Waals surface area contributed by atoms with Crippen molar-refractivity contribution in [3.8, 4) is 0 Å². The Kier molecular flexibility index (Phi) is 7.07. The number of methoxy groups -OCH3 is 1. The summed E-state index contributed by atoms with van der Waals surface area (Å²) in [6, 6.07) is 14.2. The number of nitrogens with one attached hydrogen (secondary N) is 1. The summed E-state index contributed by atoms with van der Waals surface area (Å²) < 4.78 is 4.85. The van der Waals surface area contributed by atoms with Crippen LogP contribution in [0.15, 0.2) is 54.6 Å². The highest BCUT2D eigenvalue weighted by molar-refractivity contribution is 6.02. The van der Waals surface area contributed by atoms with Gasteiger partial charge in [-0.25, -0.2) is 4.79 Å². The number of aliphatic hydroxyl groups excluding tert-OH is 1. The van der Waals surface area contributed by atoms with Crippen LogP contribution in [0.5, 0.6) is 0 Å². The van der Waals surface area contributed by atoms with Crippen molar-refractivity contribution < 1.29 is 24.2 Å². The summed E-state index contributed by atoms with van der Waals surface area (Å²) in [5, 5.41) is 13.6. The molecule has 0 fully saturated rings. The van der Waals surface area contributed by atoms with E-state index in [2.05, 4.69) is 5.32 Å². The molecule has 1 aliphatic heterocycles. The maximum Gasteiger partial charge on any atom is 0.328 e. The van der Waals surface area contributed by atoms with Crippen LogP contribution in [0.3, 0.4) is 0 Å². The van der Waals surface area contributed by atoms with Gasteiger partial charge in [0.05, 0.1) is 7.11 Å². The standard InChI is InChI=1S/C24H28N2O5/c1-15(2)13-19(24(30)31-3)25-21(27)20(14-16-9-5-4-6-10-16)26-22(28)17-11-7-8-12-18(17)23(26)29/h4-12,15,19-20,22,28H,13-14H2,1-3H3,(H,25,27). The van der Waals surface area contributed by atoms with E-state index < -0.39 is 36.1 Å². The second kappa shape index (κ2) is 9.75. The van der Waals surface area contributed by atoms with Gasteiger partial charge in [-0.05, 0) is 24.0 Å². The van der Waals surface area contributed by atoms with E-state index in [1.54, 1.807) is 24.3 Å². The number of amides is 2. The van der Waals surface area contributed by atoms with Crippen molar-refractivity contribution in [1.82, 2.24) is 10.2 Å². The van der Waals surface area contributed by atoms with Crippen molar-refractivity contribution in [2.45, 2.75) is 45.0 Å². The molecule has 0 spiro atoms. The Morgan fingerprint density at radius 3 is 2.35 bits per heavy atom. The number of carbonyl (C=O) groups excluding carboxylic acids is 3. The van der Waals surface area contributed by atoms with Crippen molar-refractivity contribution in [1.29, 1.82) is 0 Å². The van der Waals surface area contributed by atoms with Crippen LogP contribution in [0.4, 0.5) is 0 Å². The normalized spacial score (nSPS) is 17.3. The van der Waals surface area contributed by atoms with Crippen LogP contribution >= 0.6 is 0 Å². The number of rotatable bonds is 8. The molecule has 0 saturated heterocycles. The van der Waals surface area contributed by atoms with Gasteiger partial charge in [-0.3, -0.25) is 14.5 Å². The van der Waals surface area contributed by atoms with Crippen molar-refractivity contribution in [3.05, 3.63) is 71.3 Å². The summed E-state index contributed by atoms with van der Waals surface area (Å²) in [6.45, 7) is 3.88. The summed E-state index contributed by atoms with van der Waals surface area (Å²) in [4.78, 5) is 39.9. The minimum atomic E-state index is -1.25. The molecule has 1 aliphatic rings. The van der Waals surface area contributed by atoms with Gasteiger partial charge in [0.25, 0.3) is 5.91 Å². The number of hydrogen-bond acceptors (Lipinski definition) is 5. The van der Waals surface area contributed by atoms with Gasteiger partial charge in [-0.15, -0.1) is 0 Å². The Balaban J connectivity index is 1.92. The molecule has 0 saturated carbocycles. The summed E-state index contributed by atoms with van der Waals surface area (Å²) in [7, 11) is 1.27. The van der Waals surface area contributed by atoms with Crippen molar-refractivity contribution in [2.24, 2.45) is 5.92 Å². The van der Waals surface area contributed by atoms with Gasteiger partial charge in [0.15, 0.2) is 6.23 Å². The smallest absolute Gasteiger partial charge is 0.328 e. The predicted octanol–water partition coefficient (Wildman–Crippen LogP) is 2.45. The molecule has 0 aliphatic carbocycles. The van der Waals surface area contributed by atoms with Gasteiger partial charge in [-0.2, -0.15) is 0 Å². The number of hydrogen-bond donors (Lipinski definition) is 2. The zero-order valence-electron chi connectivity index (χ0n) is 17.9. The molecule has 2 aromatic rings. The highest BCUT2D eigenvalue weighted by Gasteiger charge is 2.43. The SMILES string of the molecule is COC(=O)C(CC(C)C)NC(=O)C(Cc1ccccc1)N1C(=O)c2ccccc2C1O. The number of esters is 1.